The van der Waals surface area contributed by atoms with Gasteiger partial charge in [-0.2, -0.15) is 5.10 Å². The summed E-state index contributed by atoms with van der Waals surface area (Å²) in [5.41, 5.74) is 6.68. The van der Waals surface area contributed by atoms with Crippen LogP contribution < -0.4 is 5.73 Å². The zero-order valence-electron chi connectivity index (χ0n) is 8.49. The SMILES string of the molecule is COC(=O)c1cc(C)nn1CCCN. The third kappa shape index (κ3) is 2.32. The van der Waals surface area contributed by atoms with Gasteiger partial charge in [-0.3, -0.25) is 4.68 Å². The first-order valence-corrected chi connectivity index (χ1v) is 4.52. The molecule has 78 valence electrons. The number of hydrogen-bond donors (Lipinski definition) is 1. The number of carbonyl (C=O) groups excluding carboxylic acids is 1. The Balaban J connectivity index is 2.85. The third-order valence-corrected chi connectivity index (χ3v) is 1.87. The summed E-state index contributed by atoms with van der Waals surface area (Å²) in [5.74, 6) is -0.359. The molecule has 14 heavy (non-hydrogen) atoms. The van der Waals surface area contributed by atoms with Crippen molar-refractivity contribution in [3.8, 4) is 0 Å². The third-order valence-electron chi connectivity index (χ3n) is 1.87. The molecule has 0 aliphatic heterocycles. The summed E-state index contributed by atoms with van der Waals surface area (Å²) in [6, 6.07) is 1.71. The summed E-state index contributed by atoms with van der Waals surface area (Å²) in [7, 11) is 1.36. The number of ether oxygens (including phenoxy) is 1. The van der Waals surface area contributed by atoms with E-state index in [1.165, 1.54) is 7.11 Å². The Kier molecular flexibility index (Phi) is 3.64. The summed E-state index contributed by atoms with van der Waals surface area (Å²) in [5, 5.41) is 4.18. The van der Waals surface area contributed by atoms with Crippen LogP contribution >= 0.6 is 0 Å². The molecule has 0 aliphatic rings. The number of hydrogen-bond acceptors (Lipinski definition) is 4. The number of nitrogens with two attached hydrogens (primary N) is 1. The lowest BCUT2D eigenvalue weighted by Gasteiger charge is -2.03. The monoisotopic (exact) mass is 197 g/mol. The van der Waals surface area contributed by atoms with Crippen LogP contribution in [0.15, 0.2) is 6.07 Å². The average Bonchev–Trinajstić information content (AvgIpc) is 2.55. The van der Waals surface area contributed by atoms with Gasteiger partial charge in [-0.1, -0.05) is 0 Å². The number of nitrogens with zero attached hydrogens (tertiary/aromatic N) is 2. The van der Waals surface area contributed by atoms with Gasteiger partial charge in [-0.25, -0.2) is 4.79 Å². The van der Waals surface area contributed by atoms with Gasteiger partial charge in [-0.15, -0.1) is 0 Å². The molecule has 0 fully saturated rings. The van der Waals surface area contributed by atoms with Crippen LogP contribution in [0, 0.1) is 6.92 Å². The Bertz CT molecular complexity index is 320. The molecule has 0 saturated carbocycles. The Morgan fingerprint density at radius 1 is 1.71 bits per heavy atom. The highest BCUT2D eigenvalue weighted by Crippen LogP contribution is 2.05. The quantitative estimate of drug-likeness (QED) is 0.706. The second-order valence-electron chi connectivity index (χ2n) is 3.03. The van der Waals surface area contributed by atoms with Crippen LogP contribution in [0.4, 0.5) is 0 Å². The van der Waals surface area contributed by atoms with Gasteiger partial charge in [0.05, 0.1) is 12.8 Å². The van der Waals surface area contributed by atoms with Gasteiger partial charge in [0.1, 0.15) is 5.69 Å². The maximum Gasteiger partial charge on any atom is 0.356 e. The minimum atomic E-state index is -0.359. The molecule has 5 nitrogen and oxygen atoms in total. The Morgan fingerprint density at radius 3 is 3.00 bits per heavy atom. The number of aryl methyl sites for hydroxylation is 2. The fourth-order valence-electron chi connectivity index (χ4n) is 1.23. The highest BCUT2D eigenvalue weighted by Gasteiger charge is 2.13. The van der Waals surface area contributed by atoms with E-state index in [2.05, 4.69) is 9.84 Å². The standard InChI is InChI=1S/C9H15N3O2/c1-7-6-8(9(13)14-2)12(11-7)5-3-4-10/h6H,3-5,10H2,1-2H3. The Labute approximate surface area is 82.8 Å². The molecule has 5 heteroatoms. The topological polar surface area (TPSA) is 70.1 Å². The molecule has 1 heterocycles. The van der Waals surface area contributed by atoms with Gasteiger partial charge in [0.15, 0.2) is 0 Å². The van der Waals surface area contributed by atoms with Crippen molar-refractivity contribution < 1.29 is 9.53 Å². The van der Waals surface area contributed by atoms with Crippen LogP contribution in [-0.2, 0) is 11.3 Å². The molecule has 0 amide bonds. The van der Waals surface area contributed by atoms with Crippen molar-refractivity contribution in [2.75, 3.05) is 13.7 Å². The van der Waals surface area contributed by atoms with E-state index in [1.807, 2.05) is 6.92 Å². The van der Waals surface area contributed by atoms with Gasteiger partial charge in [0.25, 0.3) is 0 Å². The maximum absolute atomic E-state index is 11.3. The van der Waals surface area contributed by atoms with Gasteiger partial charge in [0, 0.05) is 6.54 Å². The molecule has 0 unspecified atom stereocenters. The van der Waals surface area contributed by atoms with Crippen LogP contribution in [0.25, 0.3) is 0 Å². The molecule has 0 radical (unpaired) electrons. The number of carbonyl (C=O) groups is 1. The van der Waals surface area contributed by atoms with Crippen molar-refractivity contribution in [1.29, 1.82) is 0 Å². The number of aromatic nitrogens is 2. The summed E-state index contributed by atoms with van der Waals surface area (Å²) >= 11 is 0. The normalized spacial score (nSPS) is 10.2. The summed E-state index contributed by atoms with van der Waals surface area (Å²) < 4.78 is 6.27. The smallest absolute Gasteiger partial charge is 0.356 e. The van der Waals surface area contributed by atoms with Crippen LogP contribution in [0.5, 0.6) is 0 Å². The Hall–Kier alpha value is -1.36. The molecule has 0 aliphatic carbocycles. The van der Waals surface area contributed by atoms with Gasteiger partial charge < -0.3 is 10.5 Å². The highest BCUT2D eigenvalue weighted by molar-refractivity contribution is 5.87. The summed E-state index contributed by atoms with van der Waals surface area (Å²) in [4.78, 5) is 11.3. The van der Waals surface area contributed by atoms with Crippen molar-refractivity contribution in [3.63, 3.8) is 0 Å². The second kappa shape index (κ2) is 4.76. The largest absolute Gasteiger partial charge is 0.464 e. The van der Waals surface area contributed by atoms with E-state index in [0.717, 1.165) is 12.1 Å². The molecule has 1 aromatic rings. The number of esters is 1. The average molecular weight is 197 g/mol. The zero-order valence-corrected chi connectivity index (χ0v) is 8.49. The summed E-state index contributed by atoms with van der Waals surface area (Å²) in [6.07, 6.45) is 0.797. The first-order valence-electron chi connectivity index (χ1n) is 4.52. The minimum Gasteiger partial charge on any atom is -0.464 e. The van der Waals surface area contributed by atoms with Crippen LogP contribution in [0.1, 0.15) is 22.6 Å². The molecular weight excluding hydrogens is 182 g/mol. The van der Waals surface area contributed by atoms with Gasteiger partial charge in [-0.05, 0) is 26.0 Å². The number of rotatable bonds is 4. The van der Waals surface area contributed by atoms with E-state index in [1.54, 1.807) is 10.7 Å². The molecule has 1 rings (SSSR count). The van der Waals surface area contributed by atoms with E-state index in [0.29, 0.717) is 18.8 Å². The predicted molar refractivity (Wildman–Crippen MR) is 52.0 cm³/mol. The minimum absolute atomic E-state index is 0.359. The van der Waals surface area contributed by atoms with Crippen molar-refractivity contribution in [3.05, 3.63) is 17.5 Å². The summed E-state index contributed by atoms with van der Waals surface area (Å²) in [6.45, 7) is 3.07. The van der Waals surface area contributed by atoms with Crippen molar-refractivity contribution in [2.24, 2.45) is 5.73 Å². The predicted octanol–water partition coefficient (Wildman–Crippen LogP) is 0.327. The van der Waals surface area contributed by atoms with Crippen molar-refractivity contribution in [1.82, 2.24) is 9.78 Å². The molecule has 0 aromatic carbocycles. The fourth-order valence-corrected chi connectivity index (χ4v) is 1.23. The van der Waals surface area contributed by atoms with E-state index in [-0.39, 0.29) is 5.97 Å². The first-order chi connectivity index (χ1) is 6.69. The Morgan fingerprint density at radius 2 is 2.43 bits per heavy atom. The van der Waals surface area contributed by atoms with E-state index in [4.69, 9.17) is 5.73 Å². The maximum atomic E-state index is 11.3. The van der Waals surface area contributed by atoms with E-state index in [9.17, 15) is 4.79 Å². The zero-order chi connectivity index (χ0) is 10.6. The molecule has 0 atom stereocenters. The van der Waals surface area contributed by atoms with Crippen molar-refractivity contribution in [2.45, 2.75) is 19.9 Å². The molecule has 0 saturated heterocycles. The molecule has 1 aromatic heterocycles. The lowest BCUT2D eigenvalue weighted by atomic mass is 10.3. The van der Waals surface area contributed by atoms with Crippen LogP contribution in [-0.4, -0.2) is 29.4 Å². The van der Waals surface area contributed by atoms with Crippen LogP contribution in [0.3, 0.4) is 0 Å². The van der Waals surface area contributed by atoms with E-state index < -0.39 is 0 Å². The molecule has 2 N–H and O–H groups in total. The molecule has 0 bridgehead atoms. The molecular formula is C9H15N3O2. The van der Waals surface area contributed by atoms with Gasteiger partial charge >= 0.3 is 5.97 Å². The van der Waals surface area contributed by atoms with Crippen molar-refractivity contribution >= 4 is 5.97 Å². The first kappa shape index (κ1) is 10.7. The highest BCUT2D eigenvalue weighted by atomic mass is 16.5. The van der Waals surface area contributed by atoms with E-state index >= 15 is 0 Å². The fraction of sp³-hybridized carbons (Fsp3) is 0.556. The molecule has 0 spiro atoms. The van der Waals surface area contributed by atoms with Crippen LogP contribution in [0.2, 0.25) is 0 Å². The number of methoxy groups -OCH3 is 1. The lowest BCUT2D eigenvalue weighted by molar-refractivity contribution is 0.0586. The lowest BCUT2D eigenvalue weighted by Crippen LogP contribution is -2.14. The van der Waals surface area contributed by atoms with Gasteiger partial charge in [0.2, 0.25) is 0 Å². The second-order valence-corrected chi connectivity index (χ2v) is 3.03.